The third-order valence-electron chi connectivity index (χ3n) is 3.64. The number of ether oxygens (including phenoxy) is 1. The summed E-state index contributed by atoms with van der Waals surface area (Å²) in [6.45, 7) is 9.78. The van der Waals surface area contributed by atoms with Gasteiger partial charge >= 0.3 is 0 Å². The molecule has 0 fully saturated rings. The first-order valence-electron chi connectivity index (χ1n) is 7.18. The fourth-order valence-corrected chi connectivity index (χ4v) is 2.53. The van der Waals surface area contributed by atoms with Crippen LogP contribution in [0.4, 0.5) is 0 Å². The van der Waals surface area contributed by atoms with E-state index in [-0.39, 0.29) is 0 Å². The summed E-state index contributed by atoms with van der Waals surface area (Å²) >= 11 is 0. The summed E-state index contributed by atoms with van der Waals surface area (Å²) in [6.07, 6.45) is 5.54. The maximum atomic E-state index is 5.42. The van der Waals surface area contributed by atoms with Gasteiger partial charge in [-0.1, -0.05) is 36.4 Å². The molecule has 0 radical (unpaired) electrons. The van der Waals surface area contributed by atoms with Crippen LogP contribution >= 0.6 is 0 Å². The molecule has 1 nitrogen and oxygen atoms in total. The van der Waals surface area contributed by atoms with Gasteiger partial charge in [0.25, 0.3) is 0 Å². The van der Waals surface area contributed by atoms with Gasteiger partial charge in [-0.05, 0) is 59.7 Å². The lowest BCUT2D eigenvalue weighted by Gasteiger charge is -2.12. The molecule has 1 heteroatoms. The zero-order valence-electron chi connectivity index (χ0n) is 12.9. The average molecular weight is 278 g/mol. The third kappa shape index (κ3) is 3.43. The largest absolute Gasteiger partial charge is 0.496 e. The van der Waals surface area contributed by atoms with Gasteiger partial charge < -0.3 is 4.74 Å². The van der Waals surface area contributed by atoms with Crippen molar-refractivity contribution >= 4 is 0 Å². The second kappa shape index (κ2) is 6.94. The Balaban J connectivity index is 2.50. The molecule has 2 aromatic carbocycles. The quantitative estimate of drug-likeness (QED) is 0.666. The zero-order chi connectivity index (χ0) is 15.2. The second-order valence-electron chi connectivity index (χ2n) is 5.16. The van der Waals surface area contributed by atoms with Crippen LogP contribution in [0.3, 0.4) is 0 Å². The maximum absolute atomic E-state index is 5.42. The van der Waals surface area contributed by atoms with Crippen molar-refractivity contribution in [1.29, 1.82) is 0 Å². The van der Waals surface area contributed by atoms with Gasteiger partial charge in [-0.25, -0.2) is 0 Å². The Morgan fingerprint density at radius 1 is 1.00 bits per heavy atom. The van der Waals surface area contributed by atoms with Crippen molar-refractivity contribution in [2.24, 2.45) is 0 Å². The Morgan fingerprint density at radius 3 is 2.43 bits per heavy atom. The molecular formula is C20H22O. The van der Waals surface area contributed by atoms with E-state index in [9.17, 15) is 0 Å². The predicted molar refractivity (Wildman–Crippen MR) is 91.0 cm³/mol. The molecule has 0 aliphatic rings. The molecule has 0 aliphatic heterocycles. The maximum Gasteiger partial charge on any atom is 0.122 e. The van der Waals surface area contributed by atoms with Crippen LogP contribution in [0.5, 0.6) is 5.75 Å². The first-order chi connectivity index (χ1) is 10.2. The highest BCUT2D eigenvalue weighted by Gasteiger charge is 2.07. The molecule has 0 spiro atoms. The van der Waals surface area contributed by atoms with Gasteiger partial charge in [0.1, 0.15) is 5.75 Å². The molecule has 0 heterocycles. The summed E-state index contributed by atoms with van der Waals surface area (Å²) in [7, 11) is 1.71. The number of aryl methyl sites for hydroxylation is 1. The lowest BCUT2D eigenvalue weighted by Crippen LogP contribution is -1.93. The van der Waals surface area contributed by atoms with Crippen molar-refractivity contribution in [3.8, 4) is 16.9 Å². The molecule has 0 saturated carbocycles. The van der Waals surface area contributed by atoms with Crippen LogP contribution in [0.25, 0.3) is 11.1 Å². The van der Waals surface area contributed by atoms with E-state index >= 15 is 0 Å². The van der Waals surface area contributed by atoms with E-state index in [1.54, 1.807) is 7.11 Å². The molecule has 21 heavy (non-hydrogen) atoms. The molecule has 0 amide bonds. The van der Waals surface area contributed by atoms with E-state index in [0.29, 0.717) is 0 Å². The van der Waals surface area contributed by atoms with Crippen LogP contribution in [0.1, 0.15) is 16.7 Å². The number of allylic oxidation sites excluding steroid dienone is 2. The van der Waals surface area contributed by atoms with Crippen LogP contribution in [0.2, 0.25) is 0 Å². The summed E-state index contributed by atoms with van der Waals surface area (Å²) in [5.74, 6) is 0.915. The highest BCUT2D eigenvalue weighted by atomic mass is 16.5. The SMILES string of the molecule is C=CCc1ccc(C)c(-c2ccc(OC)c(CC=C)c2)c1. The molecule has 108 valence electrons. The first-order valence-corrected chi connectivity index (χ1v) is 7.18. The van der Waals surface area contributed by atoms with E-state index in [1.807, 2.05) is 18.2 Å². The van der Waals surface area contributed by atoms with Crippen LogP contribution in [-0.2, 0) is 12.8 Å². The minimum Gasteiger partial charge on any atom is -0.496 e. The van der Waals surface area contributed by atoms with Gasteiger partial charge in [0.2, 0.25) is 0 Å². The number of methoxy groups -OCH3 is 1. The number of hydrogen-bond acceptors (Lipinski definition) is 1. The van der Waals surface area contributed by atoms with E-state index in [1.165, 1.54) is 27.8 Å². The predicted octanol–water partition coefficient (Wildman–Crippen LogP) is 5.13. The third-order valence-corrected chi connectivity index (χ3v) is 3.64. The molecule has 0 atom stereocenters. The topological polar surface area (TPSA) is 9.23 Å². The van der Waals surface area contributed by atoms with E-state index in [0.717, 1.165) is 18.6 Å². The second-order valence-corrected chi connectivity index (χ2v) is 5.16. The lowest BCUT2D eigenvalue weighted by molar-refractivity contribution is 0.411. The molecule has 0 unspecified atom stereocenters. The minimum atomic E-state index is 0.808. The standard InChI is InChI=1S/C20H22O/c1-5-7-16-10-9-15(3)19(13-16)17-11-12-20(21-4)18(14-17)8-6-2/h5-6,9-14H,1-2,7-8H2,3-4H3. The van der Waals surface area contributed by atoms with Crippen LogP contribution in [0.15, 0.2) is 61.7 Å². The summed E-state index contributed by atoms with van der Waals surface area (Å²) in [5.41, 5.74) is 6.21. The van der Waals surface area contributed by atoms with Crippen LogP contribution in [0, 0.1) is 6.92 Å². The summed E-state index contributed by atoms with van der Waals surface area (Å²) in [6, 6.07) is 12.9. The minimum absolute atomic E-state index is 0.808. The van der Waals surface area contributed by atoms with E-state index in [2.05, 4.69) is 50.4 Å². The molecule has 2 rings (SSSR count). The van der Waals surface area contributed by atoms with Gasteiger partial charge in [-0.15, -0.1) is 13.2 Å². The fourth-order valence-electron chi connectivity index (χ4n) is 2.53. The van der Waals surface area contributed by atoms with Crippen LogP contribution < -0.4 is 4.74 Å². The van der Waals surface area contributed by atoms with Gasteiger partial charge in [0, 0.05) is 0 Å². The van der Waals surface area contributed by atoms with E-state index in [4.69, 9.17) is 4.74 Å². The summed E-state index contributed by atoms with van der Waals surface area (Å²) in [4.78, 5) is 0. The Hall–Kier alpha value is -2.28. The zero-order valence-corrected chi connectivity index (χ0v) is 12.9. The Morgan fingerprint density at radius 2 is 1.76 bits per heavy atom. The molecule has 2 aromatic rings. The van der Waals surface area contributed by atoms with Crippen molar-refractivity contribution in [3.05, 3.63) is 78.4 Å². The monoisotopic (exact) mass is 278 g/mol. The molecular weight excluding hydrogens is 256 g/mol. The van der Waals surface area contributed by atoms with Gasteiger partial charge in [-0.2, -0.15) is 0 Å². The van der Waals surface area contributed by atoms with E-state index < -0.39 is 0 Å². The van der Waals surface area contributed by atoms with Crippen molar-refractivity contribution in [2.75, 3.05) is 7.11 Å². The van der Waals surface area contributed by atoms with Gasteiger partial charge in [-0.3, -0.25) is 0 Å². The molecule has 0 bridgehead atoms. The molecule has 0 aromatic heterocycles. The number of hydrogen-bond donors (Lipinski definition) is 0. The Bertz CT molecular complexity index is 653. The fraction of sp³-hybridized carbons (Fsp3) is 0.200. The molecule has 0 saturated heterocycles. The summed E-state index contributed by atoms with van der Waals surface area (Å²) < 4.78 is 5.42. The van der Waals surface area contributed by atoms with Gasteiger partial charge in [0.05, 0.1) is 7.11 Å². The van der Waals surface area contributed by atoms with Crippen LogP contribution in [-0.4, -0.2) is 7.11 Å². The van der Waals surface area contributed by atoms with Crippen molar-refractivity contribution in [1.82, 2.24) is 0 Å². The molecule has 0 aliphatic carbocycles. The van der Waals surface area contributed by atoms with Crippen molar-refractivity contribution < 1.29 is 4.74 Å². The highest BCUT2D eigenvalue weighted by Crippen LogP contribution is 2.30. The molecule has 0 N–H and O–H groups in total. The Labute approximate surface area is 127 Å². The average Bonchev–Trinajstić information content (AvgIpc) is 2.50. The highest BCUT2D eigenvalue weighted by molar-refractivity contribution is 5.70. The first kappa shape index (κ1) is 15.1. The number of benzene rings is 2. The lowest BCUT2D eigenvalue weighted by atomic mass is 9.95. The van der Waals surface area contributed by atoms with Crippen molar-refractivity contribution in [2.45, 2.75) is 19.8 Å². The Kier molecular flexibility index (Phi) is 4.99. The summed E-state index contributed by atoms with van der Waals surface area (Å²) in [5, 5.41) is 0. The smallest absolute Gasteiger partial charge is 0.122 e. The normalized spacial score (nSPS) is 10.2. The van der Waals surface area contributed by atoms with Gasteiger partial charge in [0.15, 0.2) is 0 Å². The number of rotatable bonds is 6. The van der Waals surface area contributed by atoms with Crippen molar-refractivity contribution in [3.63, 3.8) is 0 Å².